The highest BCUT2D eigenvalue weighted by Crippen LogP contribution is 2.04. The summed E-state index contributed by atoms with van der Waals surface area (Å²) in [5, 5.41) is 0. The van der Waals surface area contributed by atoms with Crippen molar-refractivity contribution in [2.45, 2.75) is 85.5 Å². The second-order valence-electron chi connectivity index (χ2n) is 5.00. The zero-order valence-electron chi connectivity index (χ0n) is 15.5. The van der Waals surface area contributed by atoms with E-state index in [0.717, 1.165) is 5.75 Å². The molecule has 0 bridgehead atoms. The number of nitrogens with zero attached hydrogens (tertiary/aromatic N) is 1. The van der Waals surface area contributed by atoms with E-state index < -0.39 is 0 Å². The van der Waals surface area contributed by atoms with Crippen LogP contribution in [0.2, 0.25) is 0 Å². The first kappa shape index (κ1) is 29.4. The number of unbranched alkanes of at least 4 members (excludes halogenated alkanes) is 7. The summed E-state index contributed by atoms with van der Waals surface area (Å²) < 4.78 is 7.83. The van der Waals surface area contributed by atoms with Crippen molar-refractivity contribution in [2.24, 2.45) is 0 Å². The Kier molecular flexibility index (Phi) is 51.7. The number of rotatable bonds is 10. The average Bonchev–Trinajstić information content (AvgIpc) is 2.52. The molecular formula is C17H41NOS2. The first-order valence-electron chi connectivity index (χ1n) is 8.61. The Bertz CT molecular complexity index is 130. The minimum atomic E-state index is 1.06. The summed E-state index contributed by atoms with van der Waals surface area (Å²) in [6.07, 6.45) is 12.3. The molecule has 0 aliphatic carbocycles. The van der Waals surface area contributed by atoms with Gasteiger partial charge in [-0.3, -0.25) is 0 Å². The topological polar surface area (TPSA) is 20.3 Å². The molecule has 4 heteroatoms. The van der Waals surface area contributed by atoms with Gasteiger partial charge in [-0.2, -0.15) is 16.8 Å². The summed E-state index contributed by atoms with van der Waals surface area (Å²) in [5.74, 6) is 1.06. The van der Waals surface area contributed by atoms with Crippen LogP contribution < -0.4 is 0 Å². The summed E-state index contributed by atoms with van der Waals surface area (Å²) in [5.41, 5.74) is 0. The number of hydrogen-bond donors (Lipinski definition) is 1. The summed E-state index contributed by atoms with van der Waals surface area (Å²) in [6, 6.07) is 0. The van der Waals surface area contributed by atoms with Gasteiger partial charge in [0, 0.05) is 0 Å². The van der Waals surface area contributed by atoms with E-state index in [1.54, 1.807) is 0 Å². The van der Waals surface area contributed by atoms with E-state index in [4.69, 9.17) is 4.21 Å². The molecule has 2 nitrogen and oxygen atoms in total. The van der Waals surface area contributed by atoms with E-state index in [0.29, 0.717) is 0 Å². The van der Waals surface area contributed by atoms with E-state index in [-0.39, 0.29) is 0 Å². The molecule has 0 aromatic heterocycles. The van der Waals surface area contributed by atoms with E-state index in [2.05, 4.69) is 58.0 Å². The van der Waals surface area contributed by atoms with Crippen LogP contribution in [0.1, 0.15) is 85.5 Å². The molecule has 21 heavy (non-hydrogen) atoms. The van der Waals surface area contributed by atoms with Gasteiger partial charge >= 0.3 is 0 Å². The maximum Gasteiger partial charge on any atom is 0.197 e. The van der Waals surface area contributed by atoms with Gasteiger partial charge in [-0.05, 0) is 39.2 Å². The zero-order valence-corrected chi connectivity index (χ0v) is 17.2. The Morgan fingerprint density at radius 1 is 0.762 bits per heavy atom. The summed E-state index contributed by atoms with van der Waals surface area (Å²) in [4.78, 5) is 2.23. The molecule has 0 saturated heterocycles. The molecular weight excluding hydrogens is 298 g/mol. The van der Waals surface area contributed by atoms with Crippen molar-refractivity contribution < 1.29 is 4.21 Å². The molecule has 0 aliphatic rings. The SMILES string of the molecule is CC.CCCCCCCCS.CCCCCN(C)C.O=S. The van der Waals surface area contributed by atoms with Gasteiger partial charge < -0.3 is 4.90 Å². The highest BCUT2D eigenvalue weighted by atomic mass is 32.1. The first-order chi connectivity index (χ1) is 10.2. The molecule has 0 fully saturated rings. The molecule has 0 aromatic rings. The molecule has 0 amide bonds. The maximum atomic E-state index is 7.83. The second kappa shape index (κ2) is 37.0. The lowest BCUT2D eigenvalue weighted by atomic mass is 10.1. The lowest BCUT2D eigenvalue weighted by Gasteiger charge is -2.06. The quantitative estimate of drug-likeness (QED) is 0.407. The van der Waals surface area contributed by atoms with Crippen molar-refractivity contribution in [3.05, 3.63) is 0 Å². The highest BCUT2D eigenvalue weighted by molar-refractivity contribution is 7.80. The zero-order chi connectivity index (χ0) is 17.4. The Morgan fingerprint density at radius 2 is 1.14 bits per heavy atom. The molecule has 0 spiro atoms. The number of hydrogen-bond acceptors (Lipinski definition) is 4. The maximum absolute atomic E-state index is 7.83. The Labute approximate surface area is 146 Å². The monoisotopic (exact) mass is 339 g/mol. The molecule has 0 atom stereocenters. The Morgan fingerprint density at radius 3 is 1.52 bits per heavy atom. The molecule has 132 valence electrons. The van der Waals surface area contributed by atoms with Crippen molar-refractivity contribution >= 4 is 25.2 Å². The fourth-order valence-corrected chi connectivity index (χ4v) is 1.79. The smallest absolute Gasteiger partial charge is 0.197 e. The van der Waals surface area contributed by atoms with Crippen LogP contribution >= 0.6 is 12.6 Å². The Hall–Kier alpha value is 0.330. The Balaban J connectivity index is -0.000000111. The van der Waals surface area contributed by atoms with Crippen LogP contribution in [-0.4, -0.2) is 35.5 Å². The lowest BCUT2D eigenvalue weighted by Crippen LogP contribution is -2.12. The molecule has 0 rings (SSSR count). The van der Waals surface area contributed by atoms with Gasteiger partial charge in [-0.25, -0.2) is 0 Å². The average molecular weight is 340 g/mol. The van der Waals surface area contributed by atoms with Crippen LogP contribution in [0, 0.1) is 0 Å². The number of thiol groups is 1. The predicted molar refractivity (Wildman–Crippen MR) is 105 cm³/mol. The first-order valence-corrected chi connectivity index (χ1v) is 9.57. The molecule has 0 saturated carbocycles. The second-order valence-corrected chi connectivity index (χ2v) is 5.45. The van der Waals surface area contributed by atoms with Gasteiger partial charge in [-0.1, -0.05) is 72.6 Å². The fraction of sp³-hybridized carbons (Fsp3) is 1.00. The van der Waals surface area contributed by atoms with E-state index in [9.17, 15) is 0 Å². The molecule has 0 radical (unpaired) electrons. The van der Waals surface area contributed by atoms with Crippen LogP contribution in [0.4, 0.5) is 0 Å². The minimum Gasteiger partial charge on any atom is -0.309 e. The van der Waals surface area contributed by atoms with Crippen molar-refractivity contribution in [1.82, 2.24) is 4.90 Å². The van der Waals surface area contributed by atoms with Crippen LogP contribution in [-0.2, 0) is 12.5 Å². The van der Waals surface area contributed by atoms with E-state index in [1.165, 1.54) is 64.3 Å². The van der Waals surface area contributed by atoms with Gasteiger partial charge in [-0.15, -0.1) is 0 Å². The summed E-state index contributed by atoms with van der Waals surface area (Å²) >= 11 is 6.98. The highest BCUT2D eigenvalue weighted by Gasteiger charge is 1.87. The van der Waals surface area contributed by atoms with E-state index >= 15 is 0 Å². The van der Waals surface area contributed by atoms with Crippen molar-refractivity contribution in [2.75, 3.05) is 26.4 Å². The summed E-state index contributed by atoms with van der Waals surface area (Å²) in [7, 11) is 4.24. The molecule has 0 unspecified atom stereocenters. The lowest BCUT2D eigenvalue weighted by molar-refractivity contribution is 0.393. The fourth-order valence-electron chi connectivity index (χ4n) is 1.57. The normalized spacial score (nSPS) is 8.76. The van der Waals surface area contributed by atoms with Crippen molar-refractivity contribution in [3.63, 3.8) is 0 Å². The summed E-state index contributed by atoms with van der Waals surface area (Å²) in [6.45, 7) is 9.72. The van der Waals surface area contributed by atoms with Gasteiger partial charge in [0.2, 0.25) is 0 Å². The van der Waals surface area contributed by atoms with Gasteiger partial charge in [0.15, 0.2) is 12.5 Å². The van der Waals surface area contributed by atoms with Crippen LogP contribution in [0.5, 0.6) is 0 Å². The van der Waals surface area contributed by atoms with Crippen molar-refractivity contribution in [1.29, 1.82) is 0 Å². The third-order valence-corrected chi connectivity index (χ3v) is 3.04. The van der Waals surface area contributed by atoms with Crippen LogP contribution in [0.3, 0.4) is 0 Å². The molecule has 0 aromatic carbocycles. The third-order valence-electron chi connectivity index (χ3n) is 2.72. The molecule has 0 aliphatic heterocycles. The molecule has 0 heterocycles. The minimum absolute atomic E-state index is 1.06. The van der Waals surface area contributed by atoms with Gasteiger partial charge in [0.1, 0.15) is 0 Å². The standard InChI is InChI=1S/C8H18S.C7H17N.C2H6.OS/c1-2-3-4-5-6-7-8-9;1-4-5-6-7-8(2)3;2*1-2/h9H,2-8H2,1H3;4-7H2,1-3H3;1-2H3;. The third kappa shape index (κ3) is 53.2. The van der Waals surface area contributed by atoms with Crippen LogP contribution in [0.25, 0.3) is 0 Å². The molecule has 0 N–H and O–H groups in total. The predicted octanol–water partition coefficient (Wildman–Crippen LogP) is 5.70. The van der Waals surface area contributed by atoms with Gasteiger partial charge in [0.05, 0.1) is 0 Å². The van der Waals surface area contributed by atoms with E-state index in [1.807, 2.05) is 13.8 Å². The van der Waals surface area contributed by atoms with Crippen LogP contribution in [0.15, 0.2) is 0 Å². The largest absolute Gasteiger partial charge is 0.309 e. The van der Waals surface area contributed by atoms with Gasteiger partial charge in [0.25, 0.3) is 0 Å². The van der Waals surface area contributed by atoms with Crippen molar-refractivity contribution in [3.8, 4) is 0 Å².